The lowest BCUT2D eigenvalue weighted by Crippen LogP contribution is -2.45. The third kappa shape index (κ3) is 5.28. The molecule has 1 aromatic carbocycles. The van der Waals surface area contributed by atoms with Crippen LogP contribution in [0.15, 0.2) is 30.6 Å². The van der Waals surface area contributed by atoms with Gasteiger partial charge in [-0.15, -0.1) is 0 Å². The molecule has 2 rings (SSSR count). The van der Waals surface area contributed by atoms with Crippen LogP contribution in [-0.2, 0) is 11.5 Å². The van der Waals surface area contributed by atoms with E-state index in [0.29, 0.717) is 13.2 Å². The number of nitrogens with one attached hydrogen (secondary N) is 1. The number of amides is 1. The standard InChI is InChI=1S/C19H28N4OS/c1-14-7-8-16(15(2)11-14)23-10-9-22(18(23)25)13-21(6)12-17(24)20-19(3,4)5/h7-11H,12-13H2,1-6H3,(H,20,24). The highest BCUT2D eigenvalue weighted by atomic mass is 32.1. The van der Waals surface area contributed by atoms with E-state index in [4.69, 9.17) is 12.2 Å². The van der Waals surface area contributed by atoms with Gasteiger partial charge in [0.1, 0.15) is 0 Å². The summed E-state index contributed by atoms with van der Waals surface area (Å²) in [6.07, 6.45) is 3.93. The van der Waals surface area contributed by atoms with Crippen molar-refractivity contribution in [3.8, 4) is 5.69 Å². The van der Waals surface area contributed by atoms with E-state index in [1.807, 2.05) is 54.2 Å². The van der Waals surface area contributed by atoms with E-state index >= 15 is 0 Å². The zero-order chi connectivity index (χ0) is 18.8. The normalized spacial score (nSPS) is 11.8. The van der Waals surface area contributed by atoms with Crippen LogP contribution in [0.3, 0.4) is 0 Å². The molecule has 0 aliphatic heterocycles. The molecule has 5 nitrogen and oxygen atoms in total. The number of rotatable bonds is 5. The molecule has 0 radical (unpaired) electrons. The van der Waals surface area contributed by atoms with Crippen LogP contribution in [0.5, 0.6) is 0 Å². The van der Waals surface area contributed by atoms with E-state index < -0.39 is 0 Å². The van der Waals surface area contributed by atoms with E-state index in [9.17, 15) is 4.79 Å². The van der Waals surface area contributed by atoms with Gasteiger partial charge in [0.25, 0.3) is 0 Å². The molecule has 0 spiro atoms. The summed E-state index contributed by atoms with van der Waals surface area (Å²) in [7, 11) is 1.92. The van der Waals surface area contributed by atoms with Gasteiger partial charge < -0.3 is 9.88 Å². The van der Waals surface area contributed by atoms with Crippen LogP contribution in [-0.4, -0.2) is 39.1 Å². The van der Waals surface area contributed by atoms with Crippen molar-refractivity contribution in [3.63, 3.8) is 0 Å². The fourth-order valence-corrected chi connectivity index (χ4v) is 3.07. The van der Waals surface area contributed by atoms with Crippen molar-refractivity contribution in [3.05, 3.63) is 46.5 Å². The van der Waals surface area contributed by atoms with Crippen LogP contribution in [0.25, 0.3) is 5.69 Å². The SMILES string of the molecule is Cc1ccc(-n2ccn(CN(C)CC(=O)NC(C)(C)C)c2=S)c(C)c1. The number of nitrogens with zero attached hydrogens (tertiary/aromatic N) is 3. The van der Waals surface area contributed by atoms with Crippen molar-refractivity contribution in [2.45, 2.75) is 46.8 Å². The molecule has 0 aliphatic rings. The molecule has 1 amide bonds. The average Bonchev–Trinajstić information content (AvgIpc) is 2.78. The number of benzene rings is 1. The number of imidazole rings is 1. The van der Waals surface area contributed by atoms with Crippen molar-refractivity contribution in [2.24, 2.45) is 0 Å². The molecule has 1 N–H and O–H groups in total. The first-order valence-electron chi connectivity index (χ1n) is 8.42. The highest BCUT2D eigenvalue weighted by Gasteiger charge is 2.15. The molecule has 1 aromatic heterocycles. The Morgan fingerprint density at radius 1 is 1.24 bits per heavy atom. The van der Waals surface area contributed by atoms with Crippen LogP contribution in [0.2, 0.25) is 0 Å². The van der Waals surface area contributed by atoms with Gasteiger partial charge in [-0.2, -0.15) is 0 Å². The van der Waals surface area contributed by atoms with Crippen molar-refractivity contribution in [2.75, 3.05) is 13.6 Å². The number of carbonyl (C=O) groups is 1. The molecule has 6 heteroatoms. The Morgan fingerprint density at radius 2 is 1.92 bits per heavy atom. The van der Waals surface area contributed by atoms with Gasteiger partial charge in [-0.05, 0) is 65.5 Å². The predicted molar refractivity (Wildman–Crippen MR) is 105 cm³/mol. The van der Waals surface area contributed by atoms with Gasteiger partial charge >= 0.3 is 0 Å². The topological polar surface area (TPSA) is 42.2 Å². The summed E-state index contributed by atoms with van der Waals surface area (Å²) in [5.41, 5.74) is 3.28. The summed E-state index contributed by atoms with van der Waals surface area (Å²) in [5, 5.41) is 2.97. The monoisotopic (exact) mass is 360 g/mol. The van der Waals surface area contributed by atoms with E-state index in [1.54, 1.807) is 0 Å². The first-order chi connectivity index (χ1) is 11.6. The molecule has 2 aromatic rings. The molecule has 0 saturated heterocycles. The predicted octanol–water partition coefficient (Wildman–Crippen LogP) is 3.43. The molecule has 25 heavy (non-hydrogen) atoms. The second-order valence-electron chi connectivity index (χ2n) is 7.66. The van der Waals surface area contributed by atoms with Gasteiger partial charge in [0.15, 0.2) is 4.77 Å². The number of hydrogen-bond donors (Lipinski definition) is 1. The Hall–Kier alpha value is -1.92. The fraction of sp³-hybridized carbons (Fsp3) is 0.474. The summed E-state index contributed by atoms with van der Waals surface area (Å²) in [4.78, 5) is 14.0. The summed E-state index contributed by atoms with van der Waals surface area (Å²) < 4.78 is 4.70. The quantitative estimate of drug-likeness (QED) is 0.831. The van der Waals surface area contributed by atoms with Crippen LogP contribution in [0.1, 0.15) is 31.9 Å². The number of likely N-dealkylation sites (N-methyl/N-ethyl adjacent to an activating group) is 1. The maximum atomic E-state index is 12.1. The second kappa shape index (κ2) is 7.54. The minimum Gasteiger partial charge on any atom is -0.350 e. The van der Waals surface area contributed by atoms with Crippen LogP contribution in [0, 0.1) is 18.6 Å². The van der Waals surface area contributed by atoms with E-state index in [2.05, 4.69) is 37.4 Å². The molecule has 136 valence electrons. The summed E-state index contributed by atoms with van der Waals surface area (Å²) in [6.45, 7) is 11.0. The zero-order valence-electron chi connectivity index (χ0n) is 16.0. The Kier molecular flexibility index (Phi) is 5.85. The van der Waals surface area contributed by atoms with Crippen molar-refractivity contribution < 1.29 is 4.79 Å². The summed E-state index contributed by atoms with van der Waals surface area (Å²) >= 11 is 5.62. The van der Waals surface area contributed by atoms with Gasteiger partial charge in [0, 0.05) is 17.9 Å². The molecular weight excluding hydrogens is 332 g/mol. The fourth-order valence-electron chi connectivity index (χ4n) is 2.79. The number of carbonyl (C=O) groups excluding carboxylic acids is 1. The summed E-state index contributed by atoms with van der Waals surface area (Å²) in [6, 6.07) is 6.33. The van der Waals surface area contributed by atoms with Gasteiger partial charge in [-0.1, -0.05) is 17.7 Å². The number of aromatic nitrogens is 2. The van der Waals surface area contributed by atoms with Gasteiger partial charge in [-0.3, -0.25) is 14.3 Å². The lowest BCUT2D eigenvalue weighted by Gasteiger charge is -2.23. The van der Waals surface area contributed by atoms with E-state index in [1.165, 1.54) is 11.1 Å². The maximum Gasteiger partial charge on any atom is 0.234 e. The van der Waals surface area contributed by atoms with Gasteiger partial charge in [0.2, 0.25) is 5.91 Å². The molecule has 1 heterocycles. The lowest BCUT2D eigenvalue weighted by molar-refractivity contribution is -0.123. The number of hydrogen-bond acceptors (Lipinski definition) is 3. The molecule has 0 unspecified atom stereocenters. The Morgan fingerprint density at radius 3 is 2.52 bits per heavy atom. The molecule has 0 fully saturated rings. The zero-order valence-corrected chi connectivity index (χ0v) is 16.8. The average molecular weight is 361 g/mol. The smallest absolute Gasteiger partial charge is 0.234 e. The van der Waals surface area contributed by atoms with Crippen molar-refractivity contribution >= 4 is 18.1 Å². The Labute approximate surface area is 155 Å². The van der Waals surface area contributed by atoms with E-state index in [-0.39, 0.29) is 11.4 Å². The third-order valence-corrected chi connectivity index (χ3v) is 4.21. The molecule has 0 bridgehead atoms. The second-order valence-corrected chi connectivity index (χ2v) is 8.03. The summed E-state index contributed by atoms with van der Waals surface area (Å²) in [5.74, 6) is 0.00956. The first kappa shape index (κ1) is 19.4. The molecule has 0 saturated carbocycles. The minimum atomic E-state index is -0.222. The highest BCUT2D eigenvalue weighted by molar-refractivity contribution is 7.71. The highest BCUT2D eigenvalue weighted by Crippen LogP contribution is 2.17. The third-order valence-electron chi connectivity index (χ3n) is 3.78. The Bertz CT molecular complexity index is 814. The molecular formula is C19H28N4OS. The van der Waals surface area contributed by atoms with Crippen molar-refractivity contribution in [1.82, 2.24) is 19.4 Å². The van der Waals surface area contributed by atoms with Crippen molar-refractivity contribution in [1.29, 1.82) is 0 Å². The van der Waals surface area contributed by atoms with Gasteiger partial charge in [-0.25, -0.2) is 0 Å². The largest absolute Gasteiger partial charge is 0.350 e. The maximum absolute atomic E-state index is 12.1. The number of aryl methyl sites for hydroxylation is 2. The van der Waals surface area contributed by atoms with Gasteiger partial charge in [0.05, 0.1) is 18.9 Å². The van der Waals surface area contributed by atoms with Crippen LogP contribution < -0.4 is 5.32 Å². The van der Waals surface area contributed by atoms with Crippen LogP contribution >= 0.6 is 12.2 Å². The van der Waals surface area contributed by atoms with E-state index in [0.717, 1.165) is 10.5 Å². The minimum absolute atomic E-state index is 0.00956. The first-order valence-corrected chi connectivity index (χ1v) is 8.82. The molecule has 0 atom stereocenters. The van der Waals surface area contributed by atoms with Crippen LogP contribution in [0.4, 0.5) is 0 Å². The Balaban J connectivity index is 2.11. The lowest BCUT2D eigenvalue weighted by atomic mass is 10.1. The molecule has 0 aliphatic carbocycles.